The number of benzene rings is 1. The number of Topliss-reactive ketones (excluding diaryl/α,β-unsaturated/α-hetero) is 1. The van der Waals surface area contributed by atoms with Gasteiger partial charge in [0.05, 0.1) is 5.75 Å². The molecule has 0 aliphatic heterocycles. The van der Waals surface area contributed by atoms with E-state index in [4.69, 9.17) is 0 Å². The van der Waals surface area contributed by atoms with Crippen molar-refractivity contribution in [2.45, 2.75) is 19.8 Å². The highest BCUT2D eigenvalue weighted by Crippen LogP contribution is 2.13. The van der Waals surface area contributed by atoms with Crippen molar-refractivity contribution in [1.29, 1.82) is 0 Å². The Balaban J connectivity index is 2.37. The quantitative estimate of drug-likeness (QED) is 0.577. The molecule has 0 spiro atoms. The summed E-state index contributed by atoms with van der Waals surface area (Å²) in [6.07, 6.45) is 2.39. The molecule has 3 heteroatoms. The Morgan fingerprint density at radius 3 is 2.60 bits per heavy atom. The molecule has 0 N–H and O–H groups in total. The minimum absolute atomic E-state index is 0.226. The van der Waals surface area contributed by atoms with E-state index in [0.29, 0.717) is 5.75 Å². The first-order valence-corrected chi connectivity index (χ1v) is 7.05. The van der Waals surface area contributed by atoms with Crippen LogP contribution in [0.5, 0.6) is 0 Å². The smallest absolute Gasteiger partial charge is 0.172 e. The van der Waals surface area contributed by atoms with Gasteiger partial charge in [0.25, 0.3) is 0 Å². The number of ketones is 1. The summed E-state index contributed by atoms with van der Waals surface area (Å²) >= 11 is 5.07. The van der Waals surface area contributed by atoms with Crippen LogP contribution >= 0.6 is 27.7 Å². The molecule has 0 radical (unpaired) electrons. The predicted molar refractivity (Wildman–Crippen MR) is 70.7 cm³/mol. The number of carbonyl (C=O) groups excluding carboxylic acids is 1. The van der Waals surface area contributed by atoms with Gasteiger partial charge in [-0.2, -0.15) is 11.8 Å². The fourth-order valence-electron chi connectivity index (χ4n) is 1.13. The minimum Gasteiger partial charge on any atom is -0.293 e. The maximum Gasteiger partial charge on any atom is 0.172 e. The number of hydrogen-bond donors (Lipinski definition) is 0. The Morgan fingerprint density at radius 2 is 2.00 bits per heavy atom. The van der Waals surface area contributed by atoms with Crippen LogP contribution < -0.4 is 0 Å². The standard InChI is InChI=1S/C12H15BrOS/c1-2-3-8-15-9-12(14)10-4-6-11(13)7-5-10/h4-7H,2-3,8-9H2,1H3. The van der Waals surface area contributed by atoms with Gasteiger partial charge in [0.15, 0.2) is 5.78 Å². The second-order valence-corrected chi connectivity index (χ2v) is 5.36. The van der Waals surface area contributed by atoms with Gasteiger partial charge in [-0.15, -0.1) is 0 Å². The van der Waals surface area contributed by atoms with Gasteiger partial charge in [0.2, 0.25) is 0 Å². The van der Waals surface area contributed by atoms with Gasteiger partial charge >= 0.3 is 0 Å². The monoisotopic (exact) mass is 286 g/mol. The fourth-order valence-corrected chi connectivity index (χ4v) is 2.38. The molecule has 1 aromatic rings. The molecule has 82 valence electrons. The summed E-state index contributed by atoms with van der Waals surface area (Å²) in [5.41, 5.74) is 0.808. The van der Waals surface area contributed by atoms with Crippen LogP contribution in [0.25, 0.3) is 0 Å². The zero-order valence-electron chi connectivity index (χ0n) is 8.83. The average Bonchev–Trinajstić information content (AvgIpc) is 2.25. The van der Waals surface area contributed by atoms with Crippen molar-refractivity contribution in [2.24, 2.45) is 0 Å². The first-order chi connectivity index (χ1) is 7.24. The Bertz CT molecular complexity index is 308. The van der Waals surface area contributed by atoms with E-state index in [9.17, 15) is 4.79 Å². The summed E-state index contributed by atoms with van der Waals surface area (Å²) in [5, 5.41) is 0. The van der Waals surface area contributed by atoms with Crippen LogP contribution in [0.3, 0.4) is 0 Å². The molecule has 15 heavy (non-hydrogen) atoms. The van der Waals surface area contributed by atoms with Crippen LogP contribution in [0.4, 0.5) is 0 Å². The third-order valence-corrected chi connectivity index (χ3v) is 3.61. The molecule has 0 saturated carbocycles. The van der Waals surface area contributed by atoms with Crippen molar-refractivity contribution in [3.8, 4) is 0 Å². The van der Waals surface area contributed by atoms with E-state index in [1.807, 2.05) is 24.3 Å². The normalized spacial score (nSPS) is 10.3. The van der Waals surface area contributed by atoms with Crippen molar-refractivity contribution in [3.05, 3.63) is 34.3 Å². The lowest BCUT2D eigenvalue weighted by molar-refractivity contribution is 0.102. The van der Waals surface area contributed by atoms with Gasteiger partial charge in [-0.3, -0.25) is 4.79 Å². The van der Waals surface area contributed by atoms with E-state index in [2.05, 4.69) is 22.9 Å². The van der Waals surface area contributed by atoms with E-state index in [1.54, 1.807) is 11.8 Å². The number of thioether (sulfide) groups is 1. The van der Waals surface area contributed by atoms with Crippen LogP contribution in [-0.2, 0) is 0 Å². The molecule has 0 aliphatic rings. The molecule has 1 rings (SSSR count). The van der Waals surface area contributed by atoms with Crippen molar-refractivity contribution in [2.75, 3.05) is 11.5 Å². The van der Waals surface area contributed by atoms with Gasteiger partial charge < -0.3 is 0 Å². The third kappa shape index (κ3) is 4.85. The Morgan fingerprint density at radius 1 is 1.33 bits per heavy atom. The summed E-state index contributed by atoms with van der Waals surface area (Å²) in [5.74, 6) is 1.91. The molecular formula is C12H15BrOS. The van der Waals surface area contributed by atoms with E-state index in [0.717, 1.165) is 15.8 Å². The molecule has 0 unspecified atom stereocenters. The molecule has 0 saturated heterocycles. The molecule has 0 aliphatic carbocycles. The van der Waals surface area contributed by atoms with Gasteiger partial charge in [-0.1, -0.05) is 41.4 Å². The second kappa shape index (κ2) is 7.07. The van der Waals surface area contributed by atoms with Crippen LogP contribution in [0, 0.1) is 0 Å². The van der Waals surface area contributed by atoms with Gasteiger partial charge in [-0.25, -0.2) is 0 Å². The number of hydrogen-bond acceptors (Lipinski definition) is 2. The Hall–Kier alpha value is -0.280. The maximum absolute atomic E-state index is 11.7. The minimum atomic E-state index is 0.226. The third-order valence-electron chi connectivity index (χ3n) is 2.04. The fraction of sp³-hybridized carbons (Fsp3) is 0.417. The molecule has 0 fully saturated rings. The highest BCUT2D eigenvalue weighted by atomic mass is 79.9. The van der Waals surface area contributed by atoms with Crippen molar-refractivity contribution in [3.63, 3.8) is 0 Å². The lowest BCUT2D eigenvalue weighted by Crippen LogP contribution is -2.02. The highest BCUT2D eigenvalue weighted by molar-refractivity contribution is 9.10. The first kappa shape index (κ1) is 12.8. The molecule has 1 nitrogen and oxygen atoms in total. The topological polar surface area (TPSA) is 17.1 Å². The van der Waals surface area contributed by atoms with Crippen LogP contribution in [0.1, 0.15) is 30.1 Å². The summed E-state index contributed by atoms with van der Waals surface area (Å²) in [7, 11) is 0. The van der Waals surface area contributed by atoms with Gasteiger partial charge in [0, 0.05) is 10.0 Å². The molecule has 0 heterocycles. The SMILES string of the molecule is CCCCSCC(=O)c1ccc(Br)cc1. The van der Waals surface area contributed by atoms with Crippen molar-refractivity contribution in [1.82, 2.24) is 0 Å². The summed E-state index contributed by atoms with van der Waals surface area (Å²) in [6.45, 7) is 2.16. The van der Waals surface area contributed by atoms with Crippen LogP contribution in [-0.4, -0.2) is 17.3 Å². The largest absolute Gasteiger partial charge is 0.293 e. The summed E-state index contributed by atoms with van der Waals surface area (Å²) in [6, 6.07) is 7.55. The van der Waals surface area contributed by atoms with Crippen molar-refractivity contribution >= 4 is 33.5 Å². The van der Waals surface area contributed by atoms with Crippen LogP contribution in [0.2, 0.25) is 0 Å². The number of halogens is 1. The number of carbonyl (C=O) groups is 1. The lowest BCUT2D eigenvalue weighted by atomic mass is 10.2. The molecule has 0 atom stereocenters. The molecular weight excluding hydrogens is 272 g/mol. The molecule has 0 amide bonds. The Labute approximate surface area is 104 Å². The van der Waals surface area contributed by atoms with Gasteiger partial charge in [-0.05, 0) is 24.3 Å². The summed E-state index contributed by atoms with van der Waals surface area (Å²) < 4.78 is 1.01. The van der Waals surface area contributed by atoms with Crippen LogP contribution in [0.15, 0.2) is 28.7 Å². The van der Waals surface area contributed by atoms with E-state index in [1.165, 1.54) is 12.8 Å². The molecule has 1 aromatic carbocycles. The zero-order valence-corrected chi connectivity index (χ0v) is 11.2. The average molecular weight is 287 g/mol. The Kier molecular flexibility index (Phi) is 6.03. The first-order valence-electron chi connectivity index (χ1n) is 5.10. The second-order valence-electron chi connectivity index (χ2n) is 3.34. The van der Waals surface area contributed by atoms with Gasteiger partial charge in [0.1, 0.15) is 0 Å². The summed E-state index contributed by atoms with van der Waals surface area (Å²) in [4.78, 5) is 11.7. The van der Waals surface area contributed by atoms with E-state index < -0.39 is 0 Å². The number of rotatable bonds is 6. The zero-order chi connectivity index (χ0) is 11.1. The highest BCUT2D eigenvalue weighted by Gasteiger charge is 2.04. The number of unbranched alkanes of at least 4 members (excludes halogenated alkanes) is 1. The lowest BCUT2D eigenvalue weighted by Gasteiger charge is -2.01. The predicted octanol–water partition coefficient (Wildman–Crippen LogP) is 4.17. The molecule has 0 aromatic heterocycles. The van der Waals surface area contributed by atoms with E-state index >= 15 is 0 Å². The van der Waals surface area contributed by atoms with Crippen molar-refractivity contribution < 1.29 is 4.79 Å². The maximum atomic E-state index is 11.7. The van der Waals surface area contributed by atoms with E-state index in [-0.39, 0.29) is 5.78 Å². The molecule has 0 bridgehead atoms.